The van der Waals surface area contributed by atoms with E-state index >= 15 is 0 Å². The maximum atomic E-state index is 13.1. The molecule has 2 aliphatic rings. The minimum Gasteiger partial charge on any atom is -0.507 e. The third-order valence-corrected chi connectivity index (χ3v) is 6.29. The average molecular weight is 439 g/mol. The molecule has 2 aliphatic heterocycles. The zero-order valence-electron chi connectivity index (χ0n) is 19.1. The maximum absolute atomic E-state index is 13.1. The Labute approximate surface area is 188 Å². The van der Waals surface area contributed by atoms with Crippen molar-refractivity contribution in [1.29, 1.82) is 0 Å². The number of aryl methyl sites for hydroxylation is 1. The molecule has 1 aromatic heterocycles. The fraction of sp³-hybridized carbons (Fsp3) is 0.440. The number of carbonyl (C=O) groups is 2. The van der Waals surface area contributed by atoms with Crippen molar-refractivity contribution in [2.24, 2.45) is 0 Å². The summed E-state index contributed by atoms with van der Waals surface area (Å²) in [7, 11) is 0. The quantitative estimate of drug-likeness (QED) is 0.403. The Balaban J connectivity index is 1.76. The van der Waals surface area contributed by atoms with Crippen molar-refractivity contribution >= 4 is 17.4 Å². The van der Waals surface area contributed by atoms with Crippen LogP contribution in [0.5, 0.6) is 5.75 Å². The van der Waals surface area contributed by atoms with Crippen LogP contribution in [0.2, 0.25) is 0 Å². The van der Waals surface area contributed by atoms with Crippen molar-refractivity contribution in [2.45, 2.75) is 46.3 Å². The molecule has 1 amide bonds. The highest BCUT2D eigenvalue weighted by molar-refractivity contribution is 6.46. The lowest BCUT2D eigenvalue weighted by Crippen LogP contribution is -2.37. The number of benzene rings is 1. The fourth-order valence-electron chi connectivity index (χ4n) is 4.52. The van der Waals surface area contributed by atoms with Gasteiger partial charge in [0.25, 0.3) is 11.7 Å². The topological polar surface area (TPSA) is 83.2 Å². The third-order valence-electron chi connectivity index (χ3n) is 6.29. The number of amides is 1. The van der Waals surface area contributed by atoms with Crippen LogP contribution in [0.4, 0.5) is 0 Å². The molecule has 1 N–H and O–H groups in total. The minimum atomic E-state index is -0.761. The number of likely N-dealkylation sites (tertiary alicyclic amines) is 1. The van der Waals surface area contributed by atoms with Gasteiger partial charge < -0.3 is 24.1 Å². The molecule has 3 heterocycles. The lowest BCUT2D eigenvalue weighted by molar-refractivity contribution is -0.140. The summed E-state index contributed by atoms with van der Waals surface area (Å²) in [6, 6.07) is 8.16. The number of nitrogens with zero attached hydrogens (tertiary/aromatic N) is 2. The summed E-state index contributed by atoms with van der Waals surface area (Å²) in [5, 5.41) is 11.2. The second kappa shape index (κ2) is 8.82. The number of aliphatic hydroxyl groups is 1. The molecule has 1 fully saturated rings. The molecule has 7 nitrogen and oxygen atoms in total. The Morgan fingerprint density at radius 1 is 1.19 bits per heavy atom. The Morgan fingerprint density at radius 2 is 1.94 bits per heavy atom. The maximum Gasteiger partial charge on any atom is 0.295 e. The van der Waals surface area contributed by atoms with E-state index in [0.29, 0.717) is 30.2 Å². The third kappa shape index (κ3) is 3.93. The Bertz CT molecular complexity index is 1070. The van der Waals surface area contributed by atoms with Gasteiger partial charge in [0.15, 0.2) is 0 Å². The number of fused-ring (bicyclic) bond motifs is 1. The molecular weight excluding hydrogens is 408 g/mol. The summed E-state index contributed by atoms with van der Waals surface area (Å²) in [5.74, 6) is 0.447. The van der Waals surface area contributed by atoms with Gasteiger partial charge in [0, 0.05) is 25.1 Å². The van der Waals surface area contributed by atoms with E-state index in [1.54, 1.807) is 24.3 Å². The van der Waals surface area contributed by atoms with Gasteiger partial charge in [-0.25, -0.2) is 0 Å². The zero-order chi connectivity index (χ0) is 23.0. The largest absolute Gasteiger partial charge is 0.507 e. The highest BCUT2D eigenvalue weighted by Gasteiger charge is 2.47. The van der Waals surface area contributed by atoms with Gasteiger partial charge in [0.1, 0.15) is 35.2 Å². The van der Waals surface area contributed by atoms with Crippen LogP contribution in [0, 0.1) is 6.92 Å². The van der Waals surface area contributed by atoms with Crippen LogP contribution < -0.4 is 4.74 Å². The molecule has 2 atom stereocenters. The number of aliphatic hydroxyl groups excluding tert-OH is 1. The van der Waals surface area contributed by atoms with Crippen molar-refractivity contribution in [2.75, 3.05) is 26.2 Å². The molecule has 0 saturated carbocycles. The van der Waals surface area contributed by atoms with Gasteiger partial charge in [-0.15, -0.1) is 0 Å². The van der Waals surface area contributed by atoms with Crippen LogP contribution in [0.15, 0.2) is 40.3 Å². The molecule has 7 heteroatoms. The van der Waals surface area contributed by atoms with E-state index in [1.165, 1.54) is 4.90 Å². The Morgan fingerprint density at radius 3 is 2.59 bits per heavy atom. The van der Waals surface area contributed by atoms with Gasteiger partial charge in [-0.2, -0.15) is 0 Å². The lowest BCUT2D eigenvalue weighted by atomic mass is 9.97. The summed E-state index contributed by atoms with van der Waals surface area (Å²) in [6.45, 7) is 10.6. The second-order valence-electron chi connectivity index (χ2n) is 8.42. The zero-order valence-corrected chi connectivity index (χ0v) is 19.1. The first kappa shape index (κ1) is 22.1. The van der Waals surface area contributed by atoms with Crippen LogP contribution in [-0.4, -0.2) is 58.9 Å². The molecule has 1 saturated heterocycles. The van der Waals surface area contributed by atoms with Gasteiger partial charge in [-0.05, 0) is 62.8 Å². The number of likely N-dealkylation sites (N-methyl/N-ethyl adjacent to an activating group) is 1. The van der Waals surface area contributed by atoms with Crippen molar-refractivity contribution < 1.29 is 23.8 Å². The monoisotopic (exact) mass is 438 g/mol. The van der Waals surface area contributed by atoms with Crippen molar-refractivity contribution in [3.63, 3.8) is 0 Å². The molecule has 0 unspecified atom stereocenters. The average Bonchev–Trinajstić information content (AvgIpc) is 3.44. The molecule has 1 aromatic carbocycles. The number of ether oxygens (including phenoxy) is 1. The molecule has 0 bridgehead atoms. The fourth-order valence-corrected chi connectivity index (χ4v) is 4.52. The van der Waals surface area contributed by atoms with Crippen molar-refractivity contribution in [3.05, 3.63) is 58.6 Å². The Kier molecular flexibility index (Phi) is 6.11. The van der Waals surface area contributed by atoms with E-state index in [0.717, 1.165) is 30.8 Å². The van der Waals surface area contributed by atoms with Gasteiger partial charge in [-0.3, -0.25) is 9.59 Å². The summed E-state index contributed by atoms with van der Waals surface area (Å²) >= 11 is 0. The van der Waals surface area contributed by atoms with E-state index < -0.39 is 17.7 Å². The number of hydrogen-bond donors (Lipinski definition) is 1. The van der Waals surface area contributed by atoms with Crippen LogP contribution in [0.1, 0.15) is 49.5 Å². The van der Waals surface area contributed by atoms with Crippen LogP contribution in [0.25, 0.3) is 5.76 Å². The van der Waals surface area contributed by atoms with Crippen LogP contribution in [-0.2, 0) is 16.0 Å². The minimum absolute atomic E-state index is 0.0656. The number of ketones is 1. The molecular formula is C25H30N2O5. The molecule has 0 spiro atoms. The predicted molar refractivity (Wildman–Crippen MR) is 120 cm³/mol. The molecule has 2 aromatic rings. The highest BCUT2D eigenvalue weighted by atomic mass is 16.5. The number of furan rings is 1. The molecule has 0 aliphatic carbocycles. The summed E-state index contributed by atoms with van der Waals surface area (Å²) in [4.78, 5) is 29.8. The van der Waals surface area contributed by atoms with Crippen LogP contribution >= 0.6 is 0 Å². The smallest absolute Gasteiger partial charge is 0.295 e. The first-order valence-electron chi connectivity index (χ1n) is 11.2. The van der Waals surface area contributed by atoms with Gasteiger partial charge in [0.2, 0.25) is 0 Å². The molecule has 170 valence electrons. The van der Waals surface area contributed by atoms with Gasteiger partial charge in [0.05, 0.1) is 5.57 Å². The summed E-state index contributed by atoms with van der Waals surface area (Å²) < 4.78 is 11.6. The standard InChI is InChI=1S/C25H30N2O5/c1-5-26(6-2)11-12-27-22(20-9-7-15(3)31-20)21(24(29)25(27)30)23(28)17-8-10-19-18(14-17)13-16(4)32-19/h7-10,14,16,22,28H,5-6,11-13H2,1-4H3/t16-,22-/m1/s1. The second-order valence-corrected chi connectivity index (χ2v) is 8.42. The first-order chi connectivity index (χ1) is 15.3. The van der Waals surface area contributed by atoms with Crippen molar-refractivity contribution in [1.82, 2.24) is 9.80 Å². The first-order valence-corrected chi connectivity index (χ1v) is 11.2. The summed E-state index contributed by atoms with van der Waals surface area (Å²) in [6.07, 6.45) is 0.800. The van der Waals surface area contributed by atoms with E-state index in [-0.39, 0.29) is 17.4 Å². The van der Waals surface area contributed by atoms with E-state index in [9.17, 15) is 14.7 Å². The van der Waals surface area contributed by atoms with Crippen molar-refractivity contribution in [3.8, 4) is 5.75 Å². The van der Waals surface area contributed by atoms with E-state index in [4.69, 9.17) is 9.15 Å². The van der Waals surface area contributed by atoms with Gasteiger partial charge in [-0.1, -0.05) is 13.8 Å². The van der Waals surface area contributed by atoms with E-state index in [1.807, 2.05) is 19.9 Å². The lowest BCUT2D eigenvalue weighted by Gasteiger charge is -2.26. The predicted octanol–water partition coefficient (Wildman–Crippen LogP) is 3.67. The normalized spacial score (nSPS) is 22.0. The number of rotatable bonds is 7. The van der Waals surface area contributed by atoms with Gasteiger partial charge >= 0.3 is 0 Å². The molecule has 32 heavy (non-hydrogen) atoms. The Hall–Kier alpha value is -3.06. The number of Topliss-reactive ketones (excluding diaryl/α,β-unsaturated/α-hetero) is 1. The van der Waals surface area contributed by atoms with E-state index in [2.05, 4.69) is 18.7 Å². The SMILES string of the molecule is CCN(CC)CCN1C(=O)C(=O)C(=C(O)c2ccc3c(c2)C[C@@H](C)O3)[C@H]1c1ccc(C)o1. The van der Waals surface area contributed by atoms with Crippen LogP contribution in [0.3, 0.4) is 0 Å². The highest BCUT2D eigenvalue weighted by Crippen LogP contribution is 2.41. The summed E-state index contributed by atoms with van der Waals surface area (Å²) in [5.41, 5.74) is 1.54. The molecule has 4 rings (SSSR count). The molecule has 0 radical (unpaired) electrons. The number of hydrogen-bond acceptors (Lipinski definition) is 6. The number of carbonyl (C=O) groups excluding carboxylic acids is 2.